The number of carbonyl (C=O) groups excluding carboxylic acids is 1. The maximum absolute atomic E-state index is 12.4. The van der Waals surface area contributed by atoms with Crippen LogP contribution in [0.5, 0.6) is 11.5 Å². The predicted molar refractivity (Wildman–Crippen MR) is 172 cm³/mol. The Kier molecular flexibility index (Phi) is 7.04. The number of para-hydroxylation sites is 1. The van der Waals surface area contributed by atoms with Crippen LogP contribution < -0.4 is 25.0 Å². The maximum atomic E-state index is 12.4. The van der Waals surface area contributed by atoms with E-state index in [9.17, 15) is 4.79 Å². The summed E-state index contributed by atoms with van der Waals surface area (Å²) in [5, 5.41) is 7.39. The standard InChI is InChI=1S/C33H39N7O3/c1-8-29(41)35-24-16-25(28(42-7)17-26(24)39(6)19-32(2,3)38(4)5)37-31-34-15-12-23(36-31)22-18-40-20-33(13-14-33)43-27-11-9-10-21(22)30(27)40/h8-12,15-18H,1,13-14,19-20H2,2-7H3,(H,35,41)(H,34,36,37). The first-order chi connectivity index (χ1) is 20.5. The highest BCUT2D eigenvalue weighted by Crippen LogP contribution is 2.49. The van der Waals surface area contributed by atoms with E-state index in [4.69, 9.17) is 14.5 Å². The van der Waals surface area contributed by atoms with Gasteiger partial charge in [0.05, 0.1) is 41.9 Å². The average Bonchev–Trinajstić information content (AvgIpc) is 3.61. The summed E-state index contributed by atoms with van der Waals surface area (Å²) in [6, 6.07) is 11.9. The third kappa shape index (κ3) is 5.38. The molecule has 1 aliphatic carbocycles. The lowest BCUT2D eigenvalue weighted by Crippen LogP contribution is -2.47. The van der Waals surface area contributed by atoms with E-state index < -0.39 is 0 Å². The van der Waals surface area contributed by atoms with E-state index in [1.165, 1.54) is 6.08 Å². The minimum absolute atomic E-state index is 0.0618. The van der Waals surface area contributed by atoms with Crippen LogP contribution in [0.4, 0.5) is 23.0 Å². The van der Waals surface area contributed by atoms with E-state index in [1.54, 1.807) is 13.3 Å². The van der Waals surface area contributed by atoms with Crippen LogP contribution in [0.25, 0.3) is 22.2 Å². The molecule has 1 saturated carbocycles. The first-order valence-electron chi connectivity index (χ1n) is 14.5. The van der Waals surface area contributed by atoms with E-state index in [0.717, 1.165) is 53.0 Å². The van der Waals surface area contributed by atoms with E-state index in [-0.39, 0.29) is 17.0 Å². The molecule has 6 rings (SSSR count). The lowest BCUT2D eigenvalue weighted by Gasteiger charge is -2.37. The summed E-state index contributed by atoms with van der Waals surface area (Å²) in [6.45, 7) is 9.52. The van der Waals surface area contributed by atoms with E-state index in [1.807, 2.05) is 37.4 Å². The van der Waals surface area contributed by atoms with Crippen molar-refractivity contribution in [3.63, 3.8) is 0 Å². The van der Waals surface area contributed by atoms with Gasteiger partial charge >= 0.3 is 0 Å². The Morgan fingerprint density at radius 3 is 2.70 bits per heavy atom. The SMILES string of the molecule is C=CC(=O)Nc1cc(Nc2nccc(-c3cn4c5c(cccc35)OC3(CC3)C4)n2)c(OC)cc1N(C)CC(C)(C)N(C)C. The van der Waals surface area contributed by atoms with Crippen molar-refractivity contribution in [1.82, 2.24) is 19.4 Å². The highest BCUT2D eigenvalue weighted by Gasteiger charge is 2.48. The zero-order chi connectivity index (χ0) is 30.5. The fourth-order valence-electron chi connectivity index (χ4n) is 5.64. The van der Waals surface area contributed by atoms with Crippen molar-refractivity contribution in [3.8, 4) is 22.8 Å². The number of anilines is 4. The van der Waals surface area contributed by atoms with Crippen LogP contribution in [0.15, 0.2) is 61.4 Å². The molecule has 1 spiro atoms. The smallest absolute Gasteiger partial charge is 0.247 e. The zero-order valence-electron chi connectivity index (χ0n) is 25.7. The fraction of sp³-hybridized carbons (Fsp3) is 0.364. The number of amides is 1. The highest BCUT2D eigenvalue weighted by atomic mass is 16.5. The van der Waals surface area contributed by atoms with Crippen LogP contribution in [-0.4, -0.2) is 71.3 Å². The molecule has 0 radical (unpaired) electrons. The fourth-order valence-corrected chi connectivity index (χ4v) is 5.64. The second-order valence-electron chi connectivity index (χ2n) is 12.3. The van der Waals surface area contributed by atoms with E-state index >= 15 is 0 Å². The second-order valence-corrected chi connectivity index (χ2v) is 12.3. The van der Waals surface area contributed by atoms with Gasteiger partial charge in [-0.2, -0.15) is 0 Å². The maximum Gasteiger partial charge on any atom is 0.247 e. The quantitative estimate of drug-likeness (QED) is 0.231. The number of rotatable bonds is 10. The molecule has 1 amide bonds. The molecule has 43 heavy (non-hydrogen) atoms. The van der Waals surface area contributed by atoms with Gasteiger partial charge < -0.3 is 34.5 Å². The summed E-state index contributed by atoms with van der Waals surface area (Å²) in [5.41, 5.74) is 4.78. The molecule has 2 N–H and O–H groups in total. The van der Waals surface area contributed by atoms with Gasteiger partial charge in [-0.15, -0.1) is 0 Å². The number of aromatic nitrogens is 3. The lowest BCUT2D eigenvalue weighted by atomic mass is 10.0. The van der Waals surface area contributed by atoms with Gasteiger partial charge in [-0.1, -0.05) is 18.7 Å². The number of carbonyl (C=O) groups is 1. The summed E-state index contributed by atoms with van der Waals surface area (Å²) in [5.74, 6) is 1.63. The van der Waals surface area contributed by atoms with Gasteiger partial charge in [-0.25, -0.2) is 9.97 Å². The normalized spacial score (nSPS) is 14.9. The van der Waals surface area contributed by atoms with Crippen LogP contribution in [-0.2, 0) is 11.3 Å². The third-order valence-corrected chi connectivity index (χ3v) is 8.64. The minimum Gasteiger partial charge on any atom is -0.494 e. The van der Waals surface area contributed by atoms with Crippen LogP contribution in [0.1, 0.15) is 26.7 Å². The molecule has 0 unspecified atom stereocenters. The highest BCUT2D eigenvalue weighted by molar-refractivity contribution is 6.02. The van der Waals surface area contributed by atoms with Crippen molar-refractivity contribution in [2.24, 2.45) is 0 Å². The van der Waals surface area contributed by atoms with Gasteiger partial charge in [0.2, 0.25) is 11.9 Å². The average molecular weight is 582 g/mol. The molecule has 10 heteroatoms. The molecule has 0 atom stereocenters. The monoisotopic (exact) mass is 581 g/mol. The Hall–Kier alpha value is -4.57. The van der Waals surface area contributed by atoms with E-state index in [2.05, 4.69) is 76.8 Å². The van der Waals surface area contributed by atoms with Gasteiger partial charge in [0.25, 0.3) is 0 Å². The van der Waals surface area contributed by atoms with Gasteiger partial charge in [0, 0.05) is 48.5 Å². The number of methoxy groups -OCH3 is 1. The summed E-state index contributed by atoms with van der Waals surface area (Å²) in [7, 11) is 7.73. The molecule has 3 heterocycles. The van der Waals surface area contributed by atoms with Crippen molar-refractivity contribution < 1.29 is 14.3 Å². The molecule has 0 saturated heterocycles. The molecule has 2 aliphatic rings. The van der Waals surface area contributed by atoms with Crippen molar-refractivity contribution in [1.29, 1.82) is 0 Å². The number of hydrogen-bond donors (Lipinski definition) is 2. The number of likely N-dealkylation sites (N-methyl/N-ethyl adjacent to an activating group) is 2. The summed E-state index contributed by atoms with van der Waals surface area (Å²) in [4.78, 5) is 26.1. The number of ether oxygens (including phenoxy) is 2. The number of benzene rings is 2. The minimum atomic E-state index is -0.305. The Balaban J connectivity index is 1.35. The molecule has 2 aromatic heterocycles. The predicted octanol–water partition coefficient (Wildman–Crippen LogP) is 5.68. The third-order valence-electron chi connectivity index (χ3n) is 8.64. The van der Waals surface area contributed by atoms with Crippen molar-refractivity contribution >= 4 is 39.8 Å². The molecule has 1 fully saturated rings. The molecular weight excluding hydrogens is 542 g/mol. The molecule has 2 aromatic carbocycles. The number of nitrogens with zero attached hydrogens (tertiary/aromatic N) is 5. The van der Waals surface area contributed by atoms with Crippen molar-refractivity contribution in [3.05, 3.63) is 61.4 Å². The van der Waals surface area contributed by atoms with Crippen LogP contribution >= 0.6 is 0 Å². The molecule has 4 aromatic rings. The van der Waals surface area contributed by atoms with Crippen LogP contribution in [0, 0.1) is 0 Å². The van der Waals surface area contributed by atoms with Gasteiger partial charge in [0.1, 0.15) is 17.1 Å². The molecule has 0 bridgehead atoms. The van der Waals surface area contributed by atoms with Gasteiger partial charge in [-0.3, -0.25) is 4.79 Å². The van der Waals surface area contributed by atoms with Crippen molar-refractivity contribution in [2.45, 2.75) is 44.4 Å². The molecule has 224 valence electrons. The van der Waals surface area contributed by atoms with Crippen molar-refractivity contribution in [2.75, 3.05) is 50.3 Å². The number of nitrogens with one attached hydrogen (secondary N) is 2. The first-order valence-corrected chi connectivity index (χ1v) is 14.5. The van der Waals surface area contributed by atoms with Gasteiger partial charge in [0.15, 0.2) is 0 Å². The lowest BCUT2D eigenvalue weighted by molar-refractivity contribution is -0.111. The Bertz CT molecular complexity index is 1720. The second kappa shape index (κ2) is 10.6. The summed E-state index contributed by atoms with van der Waals surface area (Å²) < 4.78 is 14.5. The summed E-state index contributed by atoms with van der Waals surface area (Å²) >= 11 is 0. The zero-order valence-corrected chi connectivity index (χ0v) is 25.7. The Labute approximate surface area is 252 Å². The first kappa shape index (κ1) is 28.5. The molecule has 10 nitrogen and oxygen atoms in total. The van der Waals surface area contributed by atoms with Crippen LogP contribution in [0.2, 0.25) is 0 Å². The van der Waals surface area contributed by atoms with E-state index in [0.29, 0.717) is 29.6 Å². The largest absolute Gasteiger partial charge is 0.494 e. The van der Waals surface area contributed by atoms with Crippen LogP contribution in [0.3, 0.4) is 0 Å². The topological polar surface area (TPSA) is 96.8 Å². The summed E-state index contributed by atoms with van der Waals surface area (Å²) in [6.07, 6.45) is 7.33. The number of hydrogen-bond acceptors (Lipinski definition) is 8. The van der Waals surface area contributed by atoms with Gasteiger partial charge in [-0.05, 0) is 65.1 Å². The Morgan fingerprint density at radius 1 is 1.21 bits per heavy atom. The molecule has 1 aliphatic heterocycles. The Morgan fingerprint density at radius 2 is 2.00 bits per heavy atom. The molecular formula is C33H39N7O3.